The Bertz CT molecular complexity index is 315. The predicted octanol–water partition coefficient (Wildman–Crippen LogP) is 3.65. The van der Waals surface area contributed by atoms with Gasteiger partial charge in [0.2, 0.25) is 0 Å². The molecule has 1 rings (SSSR count). The highest BCUT2D eigenvalue weighted by Gasteiger charge is 2.10. The molecule has 1 aromatic carbocycles. The first-order chi connectivity index (χ1) is 6.70. The van der Waals surface area contributed by atoms with Crippen molar-refractivity contribution >= 4 is 27.5 Å². The van der Waals surface area contributed by atoms with E-state index in [4.69, 9.17) is 21.1 Å². The molecule has 0 bridgehead atoms. The zero-order chi connectivity index (χ0) is 10.6. The average molecular weight is 280 g/mol. The van der Waals surface area contributed by atoms with E-state index < -0.39 is 0 Å². The summed E-state index contributed by atoms with van der Waals surface area (Å²) in [6.45, 7) is 3.00. The second-order valence-electron chi connectivity index (χ2n) is 2.70. The van der Waals surface area contributed by atoms with Crippen LogP contribution in [-0.4, -0.2) is 13.7 Å². The van der Waals surface area contributed by atoms with Crippen LogP contribution in [0.15, 0.2) is 16.6 Å². The standard InChI is InChI=1S/C10H12BrClO2/c1-3-14-9-5-4-8(11)7(6-13-2)10(9)12/h4-5H,3,6H2,1-2H3. The Labute approximate surface area is 97.3 Å². The maximum Gasteiger partial charge on any atom is 0.138 e. The largest absolute Gasteiger partial charge is 0.492 e. The molecule has 0 radical (unpaired) electrons. The van der Waals surface area contributed by atoms with E-state index in [0.717, 1.165) is 10.0 Å². The Morgan fingerprint density at radius 3 is 2.71 bits per heavy atom. The van der Waals surface area contributed by atoms with Crippen molar-refractivity contribution in [2.75, 3.05) is 13.7 Å². The predicted molar refractivity (Wildman–Crippen MR) is 61.0 cm³/mol. The first-order valence-electron chi connectivity index (χ1n) is 4.29. The fourth-order valence-corrected chi connectivity index (χ4v) is 1.95. The number of ether oxygens (including phenoxy) is 2. The zero-order valence-electron chi connectivity index (χ0n) is 8.14. The van der Waals surface area contributed by atoms with E-state index in [-0.39, 0.29) is 0 Å². The molecular weight excluding hydrogens is 267 g/mol. The third-order valence-electron chi connectivity index (χ3n) is 1.74. The van der Waals surface area contributed by atoms with Crippen LogP contribution >= 0.6 is 27.5 Å². The molecule has 2 nitrogen and oxygen atoms in total. The lowest BCUT2D eigenvalue weighted by Gasteiger charge is -2.11. The smallest absolute Gasteiger partial charge is 0.138 e. The van der Waals surface area contributed by atoms with Crippen LogP contribution < -0.4 is 4.74 Å². The van der Waals surface area contributed by atoms with Crippen LogP contribution in [0.5, 0.6) is 5.75 Å². The summed E-state index contributed by atoms with van der Waals surface area (Å²) in [7, 11) is 1.64. The quantitative estimate of drug-likeness (QED) is 0.837. The molecular formula is C10H12BrClO2. The minimum absolute atomic E-state index is 0.473. The molecule has 4 heteroatoms. The van der Waals surface area contributed by atoms with Crippen molar-refractivity contribution in [1.29, 1.82) is 0 Å². The lowest BCUT2D eigenvalue weighted by Crippen LogP contribution is -1.97. The fraction of sp³-hybridized carbons (Fsp3) is 0.400. The van der Waals surface area contributed by atoms with Gasteiger partial charge >= 0.3 is 0 Å². The van der Waals surface area contributed by atoms with Crippen LogP contribution in [0.4, 0.5) is 0 Å². The topological polar surface area (TPSA) is 18.5 Å². The van der Waals surface area contributed by atoms with E-state index in [2.05, 4.69) is 15.9 Å². The van der Waals surface area contributed by atoms with E-state index >= 15 is 0 Å². The van der Waals surface area contributed by atoms with Gasteiger partial charge < -0.3 is 9.47 Å². The minimum atomic E-state index is 0.473. The van der Waals surface area contributed by atoms with Crippen LogP contribution in [-0.2, 0) is 11.3 Å². The Morgan fingerprint density at radius 2 is 2.14 bits per heavy atom. The highest BCUT2D eigenvalue weighted by molar-refractivity contribution is 9.10. The summed E-state index contributed by atoms with van der Waals surface area (Å²) >= 11 is 9.55. The van der Waals surface area contributed by atoms with Crippen molar-refractivity contribution < 1.29 is 9.47 Å². The van der Waals surface area contributed by atoms with Crippen LogP contribution in [0.1, 0.15) is 12.5 Å². The van der Waals surface area contributed by atoms with Crippen LogP contribution in [0.3, 0.4) is 0 Å². The first kappa shape index (κ1) is 11.8. The molecule has 1 aromatic rings. The van der Waals surface area contributed by atoms with Crippen molar-refractivity contribution in [3.8, 4) is 5.75 Å². The van der Waals surface area contributed by atoms with E-state index in [1.807, 2.05) is 19.1 Å². The lowest BCUT2D eigenvalue weighted by molar-refractivity contribution is 0.184. The molecule has 0 atom stereocenters. The van der Waals surface area contributed by atoms with Crippen molar-refractivity contribution in [1.82, 2.24) is 0 Å². The molecule has 0 N–H and O–H groups in total. The first-order valence-corrected chi connectivity index (χ1v) is 5.46. The summed E-state index contributed by atoms with van der Waals surface area (Å²) < 4.78 is 11.4. The van der Waals surface area contributed by atoms with Crippen molar-refractivity contribution in [2.24, 2.45) is 0 Å². The summed E-state index contributed by atoms with van der Waals surface area (Å²) in [5.74, 6) is 0.699. The molecule has 0 saturated heterocycles. The third-order valence-corrected chi connectivity index (χ3v) is 2.90. The molecule has 0 aliphatic rings. The van der Waals surface area contributed by atoms with Gasteiger partial charge in [0, 0.05) is 17.1 Å². The number of hydrogen-bond acceptors (Lipinski definition) is 2. The maximum atomic E-state index is 6.14. The van der Waals surface area contributed by atoms with E-state index in [0.29, 0.717) is 24.0 Å². The van der Waals surface area contributed by atoms with Crippen molar-refractivity contribution in [2.45, 2.75) is 13.5 Å². The van der Waals surface area contributed by atoms with Crippen LogP contribution in [0.25, 0.3) is 0 Å². The van der Waals surface area contributed by atoms with E-state index in [1.54, 1.807) is 7.11 Å². The Hall–Kier alpha value is -0.250. The molecule has 0 amide bonds. The highest BCUT2D eigenvalue weighted by Crippen LogP contribution is 2.33. The normalized spacial score (nSPS) is 10.3. The summed E-state index contributed by atoms with van der Waals surface area (Å²) in [5.41, 5.74) is 0.917. The Kier molecular flexibility index (Phi) is 4.72. The van der Waals surface area contributed by atoms with Crippen LogP contribution in [0, 0.1) is 0 Å². The number of halogens is 2. The summed E-state index contributed by atoms with van der Waals surface area (Å²) in [6, 6.07) is 3.75. The lowest BCUT2D eigenvalue weighted by atomic mass is 10.2. The monoisotopic (exact) mass is 278 g/mol. The zero-order valence-corrected chi connectivity index (χ0v) is 10.5. The van der Waals surface area contributed by atoms with Gasteiger partial charge in [-0.25, -0.2) is 0 Å². The number of hydrogen-bond donors (Lipinski definition) is 0. The van der Waals surface area contributed by atoms with Crippen LogP contribution in [0.2, 0.25) is 5.02 Å². The molecule has 0 aliphatic carbocycles. The van der Waals surface area contributed by atoms with Gasteiger partial charge in [-0.2, -0.15) is 0 Å². The average Bonchev–Trinajstić information content (AvgIpc) is 2.17. The SMILES string of the molecule is CCOc1ccc(Br)c(COC)c1Cl. The molecule has 0 fully saturated rings. The minimum Gasteiger partial charge on any atom is -0.492 e. The van der Waals surface area contributed by atoms with Gasteiger partial charge in [-0.1, -0.05) is 27.5 Å². The summed E-state index contributed by atoms with van der Waals surface area (Å²) in [5, 5.41) is 0.614. The maximum absolute atomic E-state index is 6.14. The fourth-order valence-electron chi connectivity index (χ4n) is 1.12. The highest BCUT2D eigenvalue weighted by atomic mass is 79.9. The molecule has 0 saturated carbocycles. The van der Waals surface area contributed by atoms with Gasteiger partial charge in [0.1, 0.15) is 5.75 Å². The summed E-state index contributed by atoms with van der Waals surface area (Å²) in [4.78, 5) is 0. The number of methoxy groups -OCH3 is 1. The number of rotatable bonds is 4. The molecule has 14 heavy (non-hydrogen) atoms. The molecule has 0 aliphatic heterocycles. The molecule has 0 aromatic heterocycles. The van der Waals surface area contributed by atoms with Gasteiger partial charge in [-0.05, 0) is 19.1 Å². The van der Waals surface area contributed by atoms with Gasteiger partial charge in [0.15, 0.2) is 0 Å². The molecule has 0 unspecified atom stereocenters. The second-order valence-corrected chi connectivity index (χ2v) is 3.94. The van der Waals surface area contributed by atoms with Crippen molar-refractivity contribution in [3.63, 3.8) is 0 Å². The molecule has 0 heterocycles. The van der Waals surface area contributed by atoms with E-state index in [1.165, 1.54) is 0 Å². The summed E-state index contributed by atoms with van der Waals surface area (Å²) in [6.07, 6.45) is 0. The van der Waals surface area contributed by atoms with Gasteiger partial charge in [0.05, 0.1) is 18.2 Å². The van der Waals surface area contributed by atoms with Gasteiger partial charge in [0.25, 0.3) is 0 Å². The van der Waals surface area contributed by atoms with Gasteiger partial charge in [-0.3, -0.25) is 0 Å². The molecule has 78 valence electrons. The Balaban J connectivity index is 3.05. The Morgan fingerprint density at radius 1 is 1.43 bits per heavy atom. The van der Waals surface area contributed by atoms with E-state index in [9.17, 15) is 0 Å². The molecule has 0 spiro atoms. The third kappa shape index (κ3) is 2.62. The van der Waals surface area contributed by atoms with Crippen molar-refractivity contribution in [3.05, 3.63) is 27.2 Å². The number of benzene rings is 1. The van der Waals surface area contributed by atoms with Gasteiger partial charge in [-0.15, -0.1) is 0 Å². The second kappa shape index (κ2) is 5.59.